The van der Waals surface area contributed by atoms with Crippen molar-refractivity contribution in [2.24, 2.45) is 0 Å². The van der Waals surface area contributed by atoms with Crippen LogP contribution >= 0.6 is 23.2 Å². The Hall–Kier alpha value is -5.48. The molecular formula is C42H26Cl2N2O. The van der Waals surface area contributed by atoms with Gasteiger partial charge in [0.15, 0.2) is 11.2 Å². The van der Waals surface area contributed by atoms with Crippen LogP contribution in [0.3, 0.4) is 0 Å². The minimum atomic E-state index is -0.553. The Kier molecular flexibility index (Phi) is 4.12. The largest absolute Gasteiger partial charge is 0.452 e. The first-order chi connectivity index (χ1) is 28.5. The van der Waals surface area contributed by atoms with E-state index in [4.69, 9.17) is 45.4 Å². The summed E-state index contributed by atoms with van der Waals surface area (Å²) >= 11 is 13.2. The van der Waals surface area contributed by atoms with Gasteiger partial charge in [-0.25, -0.2) is 0 Å². The molecule has 0 bridgehead atoms. The SMILES string of the molecule is [2H]c1c([2H])c([2H])c(-c2cccc(N(c3cc(Cl)cc(Cl)c3)c3cccc4c3oc3c(-n5c6c([2H])c([2H])c([2H])c([2H])c6c6c([2H])c([2H])c([2H])c([2H])c65)cccc34)c2)c([2H])c1[2H]. The minimum absolute atomic E-state index is 0.000590. The van der Waals surface area contributed by atoms with Crippen molar-refractivity contribution in [1.29, 1.82) is 0 Å². The summed E-state index contributed by atoms with van der Waals surface area (Å²) in [7, 11) is 0. The number of nitrogens with zero attached hydrogens (tertiary/aromatic N) is 2. The number of fused-ring (bicyclic) bond motifs is 6. The Labute approximate surface area is 299 Å². The van der Waals surface area contributed by atoms with Crippen LogP contribution in [0.25, 0.3) is 60.6 Å². The summed E-state index contributed by atoms with van der Waals surface area (Å²) in [5.41, 5.74) is 2.43. The van der Waals surface area contributed by atoms with Gasteiger partial charge in [0.2, 0.25) is 0 Å². The molecule has 9 rings (SSSR count). The molecule has 0 unspecified atom stereocenters. The van der Waals surface area contributed by atoms with Crippen molar-refractivity contribution >= 4 is 84.0 Å². The zero-order valence-corrected chi connectivity index (χ0v) is 25.6. The van der Waals surface area contributed by atoms with Gasteiger partial charge in [0, 0.05) is 43.0 Å². The fraction of sp³-hybridized carbons (Fsp3) is 0. The number of para-hydroxylation sites is 4. The quantitative estimate of drug-likeness (QED) is 0.184. The number of anilines is 3. The third-order valence-electron chi connectivity index (χ3n) is 8.00. The molecule has 3 nitrogen and oxygen atoms in total. The molecule has 7 aromatic carbocycles. The van der Waals surface area contributed by atoms with Crippen molar-refractivity contribution in [2.75, 3.05) is 4.90 Å². The van der Waals surface area contributed by atoms with Gasteiger partial charge in [0.05, 0.1) is 40.2 Å². The lowest BCUT2D eigenvalue weighted by Gasteiger charge is -2.26. The van der Waals surface area contributed by atoms with Crippen LogP contribution in [0.1, 0.15) is 17.8 Å². The fourth-order valence-corrected chi connectivity index (χ4v) is 6.61. The maximum absolute atomic E-state index is 9.03. The third-order valence-corrected chi connectivity index (χ3v) is 8.43. The molecule has 0 N–H and O–H groups in total. The number of hydrogen-bond donors (Lipinski definition) is 0. The van der Waals surface area contributed by atoms with E-state index in [0.717, 1.165) is 0 Å². The zero-order valence-electron chi connectivity index (χ0n) is 37.1. The summed E-state index contributed by atoms with van der Waals surface area (Å²) in [5.74, 6) is 0. The first-order valence-electron chi connectivity index (χ1n) is 20.9. The Bertz CT molecular complexity index is 3240. The van der Waals surface area contributed by atoms with Crippen molar-refractivity contribution < 1.29 is 22.2 Å². The monoisotopic (exact) mass is 657 g/mol. The highest BCUT2D eigenvalue weighted by Crippen LogP contribution is 2.45. The van der Waals surface area contributed by atoms with E-state index in [1.807, 2.05) is 6.07 Å². The topological polar surface area (TPSA) is 21.3 Å². The molecule has 0 aliphatic heterocycles. The van der Waals surface area contributed by atoms with E-state index in [0.29, 0.717) is 49.0 Å². The molecule has 0 saturated carbocycles. The second-order valence-corrected chi connectivity index (χ2v) is 11.6. The van der Waals surface area contributed by atoms with Crippen LogP contribution in [0, 0.1) is 0 Å². The van der Waals surface area contributed by atoms with Crippen molar-refractivity contribution in [3.8, 4) is 16.8 Å². The molecule has 0 atom stereocenters. The fourth-order valence-electron chi connectivity index (χ4n) is 6.09. The lowest BCUT2D eigenvalue weighted by molar-refractivity contribution is 0.666. The molecule has 0 saturated heterocycles. The normalized spacial score (nSPS) is 15.5. The number of aromatic nitrogens is 1. The number of halogens is 2. The molecule has 0 fully saturated rings. The summed E-state index contributed by atoms with van der Waals surface area (Å²) < 4.78 is 120. The summed E-state index contributed by atoms with van der Waals surface area (Å²) in [6, 6.07) is 16.0. The third kappa shape index (κ3) is 4.58. The molecule has 2 aromatic heterocycles. The highest BCUT2D eigenvalue weighted by Gasteiger charge is 2.23. The smallest absolute Gasteiger partial charge is 0.159 e. The van der Waals surface area contributed by atoms with E-state index in [1.54, 1.807) is 77.7 Å². The van der Waals surface area contributed by atoms with E-state index in [-0.39, 0.29) is 50.7 Å². The van der Waals surface area contributed by atoms with Crippen LogP contribution < -0.4 is 4.90 Å². The van der Waals surface area contributed by atoms with Crippen molar-refractivity contribution in [1.82, 2.24) is 4.57 Å². The highest BCUT2D eigenvalue weighted by molar-refractivity contribution is 6.35. The van der Waals surface area contributed by atoms with Crippen LogP contribution in [0.4, 0.5) is 17.1 Å². The van der Waals surface area contributed by atoms with Crippen molar-refractivity contribution in [3.63, 3.8) is 0 Å². The lowest BCUT2D eigenvalue weighted by atomic mass is 10.0. The molecule has 0 aliphatic carbocycles. The summed E-state index contributed by atoms with van der Waals surface area (Å²) in [6.45, 7) is 0. The van der Waals surface area contributed by atoms with Gasteiger partial charge in [-0.3, -0.25) is 0 Å². The maximum Gasteiger partial charge on any atom is 0.159 e. The van der Waals surface area contributed by atoms with Gasteiger partial charge in [0.1, 0.15) is 0 Å². The van der Waals surface area contributed by atoms with Crippen LogP contribution in [0.2, 0.25) is 10.0 Å². The number of furan rings is 1. The van der Waals surface area contributed by atoms with Gasteiger partial charge in [-0.05, 0) is 65.7 Å². The number of benzene rings is 7. The lowest BCUT2D eigenvalue weighted by Crippen LogP contribution is -2.10. The summed E-state index contributed by atoms with van der Waals surface area (Å²) in [4.78, 5) is 1.79. The highest BCUT2D eigenvalue weighted by atomic mass is 35.5. The second kappa shape index (κ2) is 11.1. The molecule has 224 valence electrons. The van der Waals surface area contributed by atoms with Gasteiger partial charge in [0.25, 0.3) is 0 Å². The van der Waals surface area contributed by atoms with Crippen LogP contribution in [0.15, 0.2) is 162 Å². The van der Waals surface area contributed by atoms with Crippen LogP contribution in [0.5, 0.6) is 0 Å². The zero-order chi connectivity index (χ0) is 42.8. The Balaban J connectivity index is 1.37. The van der Waals surface area contributed by atoms with Crippen LogP contribution in [-0.2, 0) is 0 Å². The summed E-state index contributed by atoms with van der Waals surface area (Å²) in [5, 5.41) is 1.65. The van der Waals surface area contributed by atoms with E-state index in [2.05, 4.69) is 0 Å². The standard InChI is InChI=1S/C42H26Cl2N2O/c43-29-24-30(44)26-32(25-29)45(31-14-8-13-28(23-31)27-11-2-1-3-12-27)39-21-9-17-35-36-18-10-22-40(42(36)47-41(35)39)46-37-19-6-4-15-33(37)34-16-5-7-20-38(34)46/h1-26H/i1D,2D,3D,4D,5D,6D,7D,11D,12D,15D,16D,19D,20D. The van der Waals surface area contributed by atoms with E-state index >= 15 is 0 Å². The van der Waals surface area contributed by atoms with Gasteiger partial charge < -0.3 is 13.9 Å². The van der Waals surface area contributed by atoms with Gasteiger partial charge in [-0.1, -0.05) is 126 Å². The predicted molar refractivity (Wildman–Crippen MR) is 198 cm³/mol. The van der Waals surface area contributed by atoms with E-state index in [1.165, 1.54) is 4.57 Å². The van der Waals surface area contributed by atoms with Gasteiger partial charge in [-0.15, -0.1) is 0 Å². The molecule has 0 amide bonds. The second-order valence-electron chi connectivity index (χ2n) is 10.7. The molecule has 0 spiro atoms. The molecular weight excluding hydrogens is 619 g/mol. The van der Waals surface area contributed by atoms with Gasteiger partial charge >= 0.3 is 0 Å². The molecule has 9 aromatic rings. The van der Waals surface area contributed by atoms with Crippen LogP contribution in [-0.4, -0.2) is 4.57 Å². The molecule has 0 aliphatic rings. The van der Waals surface area contributed by atoms with Crippen molar-refractivity contribution in [2.45, 2.75) is 0 Å². The van der Waals surface area contributed by atoms with Gasteiger partial charge in [-0.2, -0.15) is 0 Å². The minimum Gasteiger partial charge on any atom is -0.452 e. The van der Waals surface area contributed by atoms with Crippen molar-refractivity contribution in [3.05, 3.63) is 167 Å². The average Bonchev–Trinajstić information content (AvgIpc) is 3.80. The first-order valence-corrected chi connectivity index (χ1v) is 15.2. The maximum atomic E-state index is 9.03. The Morgan fingerprint density at radius 1 is 0.532 bits per heavy atom. The Morgan fingerprint density at radius 2 is 1.15 bits per heavy atom. The van der Waals surface area contributed by atoms with E-state index in [9.17, 15) is 0 Å². The molecule has 47 heavy (non-hydrogen) atoms. The number of hydrogen-bond acceptors (Lipinski definition) is 2. The first kappa shape index (κ1) is 17.4. The average molecular weight is 659 g/mol. The molecule has 2 heterocycles. The Morgan fingerprint density at radius 3 is 1.87 bits per heavy atom. The summed E-state index contributed by atoms with van der Waals surface area (Å²) in [6.07, 6.45) is 0. The van der Waals surface area contributed by atoms with E-state index < -0.39 is 66.5 Å². The molecule has 5 heteroatoms. The predicted octanol–water partition coefficient (Wildman–Crippen LogP) is 13.1. The molecule has 0 radical (unpaired) electrons. The number of rotatable bonds is 5.